The van der Waals surface area contributed by atoms with Gasteiger partial charge in [0.25, 0.3) is 0 Å². The first-order valence-electron chi connectivity index (χ1n) is 7.15. The lowest BCUT2D eigenvalue weighted by atomic mass is 10.1. The van der Waals surface area contributed by atoms with Gasteiger partial charge in [0.1, 0.15) is 0 Å². The van der Waals surface area contributed by atoms with Gasteiger partial charge in [-0.05, 0) is 30.5 Å². The van der Waals surface area contributed by atoms with Crippen LogP contribution in [-0.4, -0.2) is 38.5 Å². The molecule has 4 heteroatoms. The zero-order valence-corrected chi connectivity index (χ0v) is 12.4. The molecular weight excluding hydrogens is 252 g/mol. The molecule has 2 rings (SSSR count). The lowest BCUT2D eigenvalue weighted by molar-refractivity contribution is 0.0982. The van der Waals surface area contributed by atoms with Crippen LogP contribution >= 0.6 is 0 Å². The van der Waals surface area contributed by atoms with Crippen molar-refractivity contribution in [1.82, 2.24) is 9.88 Å². The van der Waals surface area contributed by atoms with Gasteiger partial charge in [-0.25, -0.2) is 0 Å². The summed E-state index contributed by atoms with van der Waals surface area (Å²) >= 11 is 0. The maximum Gasteiger partial charge on any atom is 0.0645 e. The average molecular weight is 276 g/mol. The monoisotopic (exact) mass is 276 g/mol. The number of nitrogens with zero attached hydrogens (tertiary/aromatic N) is 1. The van der Waals surface area contributed by atoms with E-state index in [1.54, 1.807) is 7.11 Å². The summed E-state index contributed by atoms with van der Waals surface area (Å²) in [6, 6.07) is 8.61. The van der Waals surface area contributed by atoms with Crippen molar-refractivity contribution < 1.29 is 9.47 Å². The minimum atomic E-state index is 0.737. The van der Waals surface area contributed by atoms with Crippen LogP contribution in [0.15, 0.2) is 30.5 Å². The number of hydrogen-bond acceptors (Lipinski definition) is 3. The number of fused-ring (bicyclic) bond motifs is 1. The SMILES string of the molecule is CNCc1cccc2ccn(CCOCCCOC)c12. The Balaban J connectivity index is 1.96. The summed E-state index contributed by atoms with van der Waals surface area (Å²) < 4.78 is 12.9. The number of hydrogen-bond donors (Lipinski definition) is 1. The lowest BCUT2D eigenvalue weighted by Crippen LogP contribution is -2.10. The molecule has 0 unspecified atom stereocenters. The predicted octanol–water partition coefficient (Wildman–Crippen LogP) is 2.41. The predicted molar refractivity (Wildman–Crippen MR) is 82.0 cm³/mol. The fraction of sp³-hybridized carbons (Fsp3) is 0.500. The normalized spacial score (nSPS) is 11.3. The minimum absolute atomic E-state index is 0.737. The number of benzene rings is 1. The third kappa shape index (κ3) is 3.82. The standard InChI is InChI=1S/C16H24N2O2/c1-17-13-15-6-3-5-14-7-8-18(16(14)15)9-12-20-11-4-10-19-2/h3,5-8,17H,4,9-13H2,1-2H3. The smallest absolute Gasteiger partial charge is 0.0645 e. The molecule has 0 aliphatic rings. The molecule has 0 saturated heterocycles. The van der Waals surface area contributed by atoms with E-state index in [9.17, 15) is 0 Å². The van der Waals surface area contributed by atoms with Crippen molar-refractivity contribution >= 4 is 10.9 Å². The van der Waals surface area contributed by atoms with Crippen molar-refractivity contribution in [2.45, 2.75) is 19.5 Å². The van der Waals surface area contributed by atoms with Crippen molar-refractivity contribution in [2.24, 2.45) is 0 Å². The third-order valence-corrected chi connectivity index (χ3v) is 3.35. The molecule has 110 valence electrons. The molecule has 0 atom stereocenters. The van der Waals surface area contributed by atoms with E-state index >= 15 is 0 Å². The molecule has 1 N–H and O–H groups in total. The van der Waals surface area contributed by atoms with E-state index in [-0.39, 0.29) is 0 Å². The molecule has 1 aromatic heterocycles. The van der Waals surface area contributed by atoms with Crippen molar-refractivity contribution in [3.63, 3.8) is 0 Å². The van der Waals surface area contributed by atoms with Gasteiger partial charge in [0.15, 0.2) is 0 Å². The summed E-state index contributed by atoms with van der Waals surface area (Å²) in [6.45, 7) is 4.03. The molecule has 0 amide bonds. The van der Waals surface area contributed by atoms with Gasteiger partial charge in [0.05, 0.1) is 12.1 Å². The van der Waals surface area contributed by atoms with E-state index < -0.39 is 0 Å². The molecule has 0 aliphatic heterocycles. The molecule has 1 heterocycles. The lowest BCUT2D eigenvalue weighted by Gasteiger charge is -2.10. The Labute approximate surface area is 120 Å². The summed E-state index contributed by atoms with van der Waals surface area (Å²) in [5, 5.41) is 4.51. The Morgan fingerprint density at radius 3 is 2.85 bits per heavy atom. The highest BCUT2D eigenvalue weighted by Crippen LogP contribution is 2.20. The highest BCUT2D eigenvalue weighted by atomic mass is 16.5. The summed E-state index contributed by atoms with van der Waals surface area (Å²) in [6.07, 6.45) is 3.09. The molecular formula is C16H24N2O2. The molecule has 0 aliphatic carbocycles. The van der Waals surface area contributed by atoms with Crippen LogP contribution in [0.2, 0.25) is 0 Å². The van der Waals surface area contributed by atoms with Crippen LogP contribution in [0.5, 0.6) is 0 Å². The van der Waals surface area contributed by atoms with E-state index in [2.05, 4.69) is 40.3 Å². The van der Waals surface area contributed by atoms with E-state index in [1.165, 1.54) is 16.5 Å². The summed E-state index contributed by atoms with van der Waals surface area (Å²) in [4.78, 5) is 0. The Morgan fingerprint density at radius 2 is 2.05 bits per heavy atom. The van der Waals surface area contributed by atoms with Crippen LogP contribution < -0.4 is 5.32 Å². The maximum absolute atomic E-state index is 5.64. The molecule has 0 spiro atoms. The zero-order chi connectivity index (χ0) is 14.2. The van der Waals surface area contributed by atoms with E-state index in [0.717, 1.165) is 39.3 Å². The van der Waals surface area contributed by atoms with Gasteiger partial charge in [-0.3, -0.25) is 0 Å². The third-order valence-electron chi connectivity index (χ3n) is 3.35. The quantitative estimate of drug-likeness (QED) is 0.714. The number of rotatable bonds is 9. The summed E-state index contributed by atoms with van der Waals surface area (Å²) in [5.41, 5.74) is 2.64. The van der Waals surface area contributed by atoms with Crippen molar-refractivity contribution in [3.05, 3.63) is 36.0 Å². The second-order valence-corrected chi connectivity index (χ2v) is 4.85. The Hall–Kier alpha value is -1.36. The van der Waals surface area contributed by atoms with Crippen LogP contribution in [0.3, 0.4) is 0 Å². The van der Waals surface area contributed by atoms with Crippen LogP contribution in [0, 0.1) is 0 Å². The van der Waals surface area contributed by atoms with Gasteiger partial charge in [-0.15, -0.1) is 0 Å². The first kappa shape index (κ1) is 15.0. The van der Waals surface area contributed by atoms with E-state index in [0.29, 0.717) is 0 Å². The molecule has 1 aromatic carbocycles. The number of nitrogens with one attached hydrogen (secondary N) is 1. The maximum atomic E-state index is 5.64. The second-order valence-electron chi connectivity index (χ2n) is 4.85. The van der Waals surface area contributed by atoms with Crippen LogP contribution in [-0.2, 0) is 22.6 Å². The molecule has 0 fully saturated rings. The van der Waals surface area contributed by atoms with Crippen molar-refractivity contribution in [1.29, 1.82) is 0 Å². The van der Waals surface area contributed by atoms with Crippen molar-refractivity contribution in [2.75, 3.05) is 34.0 Å². The highest BCUT2D eigenvalue weighted by molar-refractivity contribution is 5.83. The number of ether oxygens (including phenoxy) is 2. The molecule has 0 bridgehead atoms. The fourth-order valence-corrected chi connectivity index (χ4v) is 2.43. The van der Waals surface area contributed by atoms with Gasteiger partial charge in [0, 0.05) is 39.6 Å². The highest BCUT2D eigenvalue weighted by Gasteiger charge is 2.05. The first-order chi connectivity index (χ1) is 9.86. The van der Waals surface area contributed by atoms with E-state index in [4.69, 9.17) is 9.47 Å². The Bertz CT molecular complexity index is 522. The van der Waals surface area contributed by atoms with Gasteiger partial charge in [-0.2, -0.15) is 0 Å². The number of methoxy groups -OCH3 is 1. The molecule has 2 aromatic rings. The summed E-state index contributed by atoms with van der Waals surface area (Å²) in [7, 11) is 3.69. The van der Waals surface area contributed by atoms with Gasteiger partial charge in [0.2, 0.25) is 0 Å². The Morgan fingerprint density at radius 1 is 1.15 bits per heavy atom. The Kier molecular flexibility index (Phi) is 6.05. The first-order valence-corrected chi connectivity index (χ1v) is 7.15. The number of aromatic nitrogens is 1. The fourth-order valence-electron chi connectivity index (χ4n) is 2.43. The van der Waals surface area contributed by atoms with Gasteiger partial charge < -0.3 is 19.4 Å². The zero-order valence-electron chi connectivity index (χ0n) is 12.4. The van der Waals surface area contributed by atoms with Crippen molar-refractivity contribution in [3.8, 4) is 0 Å². The van der Waals surface area contributed by atoms with Gasteiger partial charge >= 0.3 is 0 Å². The minimum Gasteiger partial charge on any atom is -0.385 e. The molecule has 20 heavy (non-hydrogen) atoms. The number of para-hydroxylation sites is 1. The van der Waals surface area contributed by atoms with Crippen LogP contribution in [0.4, 0.5) is 0 Å². The molecule has 0 saturated carbocycles. The summed E-state index contributed by atoms with van der Waals surface area (Å²) in [5.74, 6) is 0. The average Bonchev–Trinajstić information content (AvgIpc) is 2.87. The van der Waals surface area contributed by atoms with E-state index in [1.807, 2.05) is 7.05 Å². The largest absolute Gasteiger partial charge is 0.385 e. The van der Waals surface area contributed by atoms with Gasteiger partial charge in [-0.1, -0.05) is 18.2 Å². The van der Waals surface area contributed by atoms with Crippen LogP contribution in [0.1, 0.15) is 12.0 Å². The van der Waals surface area contributed by atoms with Crippen LogP contribution in [0.25, 0.3) is 10.9 Å². The topological polar surface area (TPSA) is 35.4 Å². The molecule has 4 nitrogen and oxygen atoms in total. The molecule has 0 radical (unpaired) electrons. The second kappa shape index (κ2) is 8.04.